The van der Waals surface area contributed by atoms with Crippen molar-refractivity contribution in [1.29, 1.82) is 0 Å². The second-order valence-corrected chi connectivity index (χ2v) is 7.61. The molecule has 0 aliphatic rings. The van der Waals surface area contributed by atoms with Gasteiger partial charge in [0.15, 0.2) is 5.82 Å². The monoisotopic (exact) mass is 452 g/mol. The van der Waals surface area contributed by atoms with Gasteiger partial charge in [-0.25, -0.2) is 0 Å². The number of benzene rings is 2. The molecule has 0 fully saturated rings. The zero-order valence-electron chi connectivity index (χ0n) is 18.7. The third-order valence-electron chi connectivity index (χ3n) is 5.44. The Kier molecular flexibility index (Phi) is 6.19. The van der Waals surface area contributed by atoms with E-state index in [-0.39, 0.29) is 23.5 Å². The van der Waals surface area contributed by atoms with Crippen molar-refractivity contribution in [3.8, 4) is 18.0 Å². The lowest BCUT2D eigenvalue weighted by Gasteiger charge is -2.16. The SMILES string of the molecule is C#Cc1cccc2cc(CNC(=O)c3c(N)nn(C)c3NCC=C)n(-c3ccccc3)c(=O)c12. The minimum atomic E-state index is -0.415. The highest BCUT2D eigenvalue weighted by atomic mass is 16.2. The number of carbonyl (C=O) groups excluding carboxylic acids is 1. The molecule has 0 saturated heterocycles. The van der Waals surface area contributed by atoms with Crippen LogP contribution in [-0.4, -0.2) is 26.8 Å². The number of nitrogens with one attached hydrogen (secondary N) is 2. The third-order valence-corrected chi connectivity index (χ3v) is 5.44. The Hall–Kier alpha value is -4.77. The van der Waals surface area contributed by atoms with Gasteiger partial charge in [-0.2, -0.15) is 5.10 Å². The number of hydrogen-bond acceptors (Lipinski definition) is 5. The molecule has 0 atom stereocenters. The number of hydrogen-bond donors (Lipinski definition) is 3. The van der Waals surface area contributed by atoms with Gasteiger partial charge in [0.25, 0.3) is 11.5 Å². The highest BCUT2D eigenvalue weighted by Gasteiger charge is 2.21. The maximum Gasteiger partial charge on any atom is 0.264 e. The average Bonchev–Trinajstić information content (AvgIpc) is 3.13. The van der Waals surface area contributed by atoms with E-state index in [1.54, 1.807) is 29.8 Å². The van der Waals surface area contributed by atoms with Crippen LogP contribution >= 0.6 is 0 Å². The van der Waals surface area contributed by atoms with Gasteiger partial charge in [0.1, 0.15) is 11.4 Å². The fourth-order valence-corrected chi connectivity index (χ4v) is 3.93. The number of terminal acetylenes is 1. The molecule has 8 nitrogen and oxygen atoms in total. The molecule has 8 heteroatoms. The van der Waals surface area contributed by atoms with Crippen molar-refractivity contribution in [3.05, 3.63) is 94.4 Å². The van der Waals surface area contributed by atoms with Crippen LogP contribution in [0.15, 0.2) is 72.0 Å². The summed E-state index contributed by atoms with van der Waals surface area (Å²) in [6, 6.07) is 16.4. The van der Waals surface area contributed by atoms with Gasteiger partial charge in [-0.3, -0.25) is 18.8 Å². The van der Waals surface area contributed by atoms with Gasteiger partial charge in [0.2, 0.25) is 0 Å². The molecule has 0 aliphatic carbocycles. The van der Waals surface area contributed by atoms with E-state index in [2.05, 4.69) is 28.2 Å². The van der Waals surface area contributed by atoms with Crippen molar-refractivity contribution in [2.24, 2.45) is 7.05 Å². The van der Waals surface area contributed by atoms with Gasteiger partial charge in [-0.1, -0.05) is 42.3 Å². The molecule has 34 heavy (non-hydrogen) atoms. The van der Waals surface area contributed by atoms with E-state index in [0.717, 1.165) is 0 Å². The van der Waals surface area contributed by atoms with E-state index in [9.17, 15) is 9.59 Å². The fraction of sp³-hybridized carbons (Fsp3) is 0.115. The number of aromatic nitrogens is 3. The van der Waals surface area contributed by atoms with E-state index in [1.165, 1.54) is 4.68 Å². The first-order chi connectivity index (χ1) is 16.5. The molecule has 0 radical (unpaired) electrons. The quantitative estimate of drug-likeness (QED) is 0.295. The fourth-order valence-electron chi connectivity index (χ4n) is 3.93. The van der Waals surface area contributed by atoms with Crippen molar-refractivity contribution in [3.63, 3.8) is 0 Å². The minimum absolute atomic E-state index is 0.0778. The Morgan fingerprint density at radius 2 is 2.00 bits per heavy atom. The summed E-state index contributed by atoms with van der Waals surface area (Å²) in [6.45, 7) is 4.20. The van der Waals surface area contributed by atoms with Crippen LogP contribution in [0.4, 0.5) is 11.6 Å². The predicted octanol–water partition coefficient (Wildman–Crippen LogP) is 2.82. The van der Waals surface area contributed by atoms with E-state index >= 15 is 0 Å². The lowest BCUT2D eigenvalue weighted by molar-refractivity contribution is 0.0952. The molecule has 1 amide bonds. The van der Waals surface area contributed by atoms with Crippen molar-refractivity contribution in [2.45, 2.75) is 6.54 Å². The molecule has 0 bridgehead atoms. The van der Waals surface area contributed by atoms with Crippen LogP contribution < -0.4 is 21.9 Å². The maximum absolute atomic E-state index is 13.6. The largest absolute Gasteiger partial charge is 0.381 e. The molecule has 4 N–H and O–H groups in total. The smallest absolute Gasteiger partial charge is 0.264 e. The Morgan fingerprint density at radius 3 is 2.71 bits per heavy atom. The number of fused-ring (bicyclic) bond motifs is 1. The van der Waals surface area contributed by atoms with Crippen LogP contribution in [0.1, 0.15) is 21.6 Å². The molecule has 2 aromatic carbocycles. The van der Waals surface area contributed by atoms with Gasteiger partial charge in [0.05, 0.1) is 11.9 Å². The molecular formula is C26H24N6O2. The Bertz CT molecular complexity index is 1490. The average molecular weight is 453 g/mol. The van der Waals surface area contributed by atoms with Gasteiger partial charge in [0, 0.05) is 30.5 Å². The summed E-state index contributed by atoms with van der Waals surface area (Å²) in [7, 11) is 1.69. The van der Waals surface area contributed by atoms with E-state index in [0.29, 0.717) is 40.1 Å². The topological polar surface area (TPSA) is 107 Å². The molecule has 0 saturated carbocycles. The van der Waals surface area contributed by atoms with Crippen LogP contribution in [0.5, 0.6) is 0 Å². The number of para-hydroxylation sites is 1. The third kappa shape index (κ3) is 4.02. The second-order valence-electron chi connectivity index (χ2n) is 7.61. The summed E-state index contributed by atoms with van der Waals surface area (Å²) >= 11 is 0. The number of rotatable bonds is 7. The first kappa shape index (κ1) is 22.4. The standard InChI is InChI=1S/C26H24N6O2/c1-4-14-28-24-22(23(27)30-31(24)3)25(33)29-16-20-15-18-11-9-10-17(5-2)21(18)26(34)32(20)19-12-7-6-8-13-19/h2,4,6-13,15,28H,1,14,16H2,3H3,(H2,27,30)(H,29,33). The summed E-state index contributed by atoms with van der Waals surface area (Å²) in [6.07, 6.45) is 7.32. The van der Waals surface area contributed by atoms with Gasteiger partial charge < -0.3 is 16.4 Å². The molecule has 2 aromatic heterocycles. The van der Waals surface area contributed by atoms with Crippen LogP contribution in [0.3, 0.4) is 0 Å². The Balaban J connectivity index is 1.77. The van der Waals surface area contributed by atoms with Crippen molar-refractivity contribution < 1.29 is 4.79 Å². The van der Waals surface area contributed by atoms with E-state index in [1.807, 2.05) is 42.5 Å². The number of nitrogens with zero attached hydrogens (tertiary/aromatic N) is 3. The number of pyridine rings is 1. The zero-order chi connectivity index (χ0) is 24.2. The molecule has 0 spiro atoms. The number of aryl methyl sites for hydroxylation is 1. The number of anilines is 2. The van der Waals surface area contributed by atoms with Crippen molar-refractivity contribution in [2.75, 3.05) is 17.6 Å². The van der Waals surface area contributed by atoms with E-state index < -0.39 is 5.91 Å². The molecule has 4 rings (SSSR count). The van der Waals surface area contributed by atoms with Crippen LogP contribution in [0.2, 0.25) is 0 Å². The summed E-state index contributed by atoms with van der Waals surface area (Å²) < 4.78 is 3.07. The lowest BCUT2D eigenvalue weighted by atomic mass is 10.1. The van der Waals surface area contributed by atoms with Gasteiger partial charge in [-0.05, 0) is 29.7 Å². The number of amides is 1. The minimum Gasteiger partial charge on any atom is -0.381 e. The second kappa shape index (κ2) is 9.38. The van der Waals surface area contributed by atoms with Crippen LogP contribution in [0.25, 0.3) is 16.5 Å². The molecular weight excluding hydrogens is 428 g/mol. The predicted molar refractivity (Wildman–Crippen MR) is 135 cm³/mol. The number of nitrogen functional groups attached to an aromatic ring is 1. The highest BCUT2D eigenvalue weighted by Crippen LogP contribution is 2.22. The summed E-state index contributed by atoms with van der Waals surface area (Å²) in [5, 5.41) is 11.3. The molecule has 170 valence electrons. The van der Waals surface area contributed by atoms with Gasteiger partial charge in [-0.15, -0.1) is 13.0 Å². The van der Waals surface area contributed by atoms with Crippen molar-refractivity contribution in [1.82, 2.24) is 19.7 Å². The van der Waals surface area contributed by atoms with Crippen LogP contribution in [0, 0.1) is 12.3 Å². The number of carbonyl (C=O) groups is 1. The van der Waals surface area contributed by atoms with E-state index in [4.69, 9.17) is 12.2 Å². The normalized spacial score (nSPS) is 10.6. The number of nitrogens with two attached hydrogens (primary N) is 1. The molecule has 0 aliphatic heterocycles. The Labute approximate surface area is 196 Å². The molecule has 2 heterocycles. The lowest BCUT2D eigenvalue weighted by Crippen LogP contribution is -2.30. The Morgan fingerprint density at radius 1 is 1.24 bits per heavy atom. The first-order valence-electron chi connectivity index (χ1n) is 10.6. The zero-order valence-corrected chi connectivity index (χ0v) is 18.7. The highest BCUT2D eigenvalue weighted by molar-refractivity contribution is 6.03. The molecule has 0 unspecified atom stereocenters. The van der Waals surface area contributed by atoms with Crippen molar-refractivity contribution >= 4 is 28.3 Å². The first-order valence-corrected chi connectivity index (χ1v) is 10.6. The summed E-state index contributed by atoms with van der Waals surface area (Å²) in [5.41, 5.74) is 7.75. The van der Waals surface area contributed by atoms with Crippen LogP contribution in [-0.2, 0) is 13.6 Å². The van der Waals surface area contributed by atoms with Gasteiger partial charge >= 0.3 is 0 Å². The molecule has 4 aromatic rings. The summed E-state index contributed by atoms with van der Waals surface area (Å²) in [4.78, 5) is 26.7. The maximum atomic E-state index is 13.6. The summed E-state index contributed by atoms with van der Waals surface area (Å²) in [5.74, 6) is 2.76.